The molecule has 180 valence electrons. The van der Waals surface area contributed by atoms with Gasteiger partial charge in [0.2, 0.25) is 5.95 Å². The molecule has 4 aromatic rings. The van der Waals surface area contributed by atoms with Gasteiger partial charge >= 0.3 is 0 Å². The number of fused-ring (bicyclic) bond motifs is 1. The Labute approximate surface area is 209 Å². The van der Waals surface area contributed by atoms with E-state index in [1.54, 1.807) is 19.3 Å². The molecule has 0 saturated heterocycles. The number of allylic oxidation sites excluding steroid dienone is 1. The van der Waals surface area contributed by atoms with Crippen LogP contribution < -0.4 is 16.4 Å². The normalized spacial score (nSPS) is 12.4. The fourth-order valence-electron chi connectivity index (χ4n) is 3.61. The summed E-state index contributed by atoms with van der Waals surface area (Å²) in [4.78, 5) is 23.5. The first-order chi connectivity index (χ1) is 16.7. The second-order valence-electron chi connectivity index (χ2n) is 9.28. The van der Waals surface area contributed by atoms with Crippen LogP contribution in [0.2, 0.25) is 0 Å². The van der Waals surface area contributed by atoms with Crippen molar-refractivity contribution in [2.45, 2.75) is 33.1 Å². The Kier molecular flexibility index (Phi) is 6.75. The molecule has 0 fully saturated rings. The molecule has 4 N–H and O–H groups in total. The zero-order valence-electron chi connectivity index (χ0n) is 20.6. The number of para-hydroxylation sites is 2. The van der Waals surface area contributed by atoms with Crippen LogP contribution in [-0.2, 0) is 5.41 Å². The number of hydrogen-bond acceptors (Lipinski definition) is 6. The summed E-state index contributed by atoms with van der Waals surface area (Å²) in [6.45, 7) is 8.42. The van der Waals surface area contributed by atoms with Gasteiger partial charge in [-0.15, -0.1) is 11.3 Å². The minimum absolute atomic E-state index is 0.00881. The van der Waals surface area contributed by atoms with Gasteiger partial charge in [0, 0.05) is 29.5 Å². The number of imidazole rings is 1. The molecule has 0 aliphatic carbocycles. The van der Waals surface area contributed by atoms with Crippen LogP contribution in [0.1, 0.15) is 40.9 Å². The fraction of sp³-hybridized carbons (Fsp3) is 0.222. The van der Waals surface area contributed by atoms with E-state index in [1.165, 1.54) is 16.2 Å². The van der Waals surface area contributed by atoms with E-state index >= 15 is 0 Å². The summed E-state index contributed by atoms with van der Waals surface area (Å²) in [6.07, 6.45) is 3.38. The summed E-state index contributed by atoms with van der Waals surface area (Å²) in [5, 5.41) is 6.42. The van der Waals surface area contributed by atoms with Crippen molar-refractivity contribution >= 4 is 57.6 Å². The summed E-state index contributed by atoms with van der Waals surface area (Å²) in [7, 11) is 1.69. The molecular formula is C27H30N6OS. The van der Waals surface area contributed by atoms with Crippen molar-refractivity contribution in [1.82, 2.24) is 9.55 Å². The molecule has 0 aliphatic heterocycles. The third kappa shape index (κ3) is 5.27. The molecule has 1 amide bonds. The fourth-order valence-corrected chi connectivity index (χ4v) is 4.57. The highest BCUT2D eigenvalue weighted by Crippen LogP contribution is 2.31. The number of nitrogens with zero attached hydrogens (tertiary/aromatic N) is 3. The Bertz CT molecular complexity index is 1440. The number of benzene rings is 2. The standard InChI is InChI=1S/C27H30N6OS/c1-17-10-11-18(30-25(34)22-12-13-23(35-22)27(2,3)4)16-20(17)32-26-31-19-8-6-7-9-21(19)33(26)24(28)14-15-29-5/h6-16H,28H2,1-5H3,(H,30,34)(H,31,32). The number of carbonyl (C=O) groups excluding carboxylic acids is 1. The van der Waals surface area contributed by atoms with Crippen LogP contribution in [0, 0.1) is 6.92 Å². The van der Waals surface area contributed by atoms with Crippen molar-refractivity contribution in [2.24, 2.45) is 10.7 Å². The van der Waals surface area contributed by atoms with Gasteiger partial charge in [0.05, 0.1) is 15.9 Å². The quantitative estimate of drug-likeness (QED) is 0.284. The Morgan fingerprint density at radius 1 is 1.14 bits per heavy atom. The summed E-state index contributed by atoms with van der Waals surface area (Å²) in [5.41, 5.74) is 10.6. The zero-order valence-corrected chi connectivity index (χ0v) is 21.4. The number of nitrogens with two attached hydrogens (primary N) is 1. The molecule has 7 nitrogen and oxygen atoms in total. The summed E-state index contributed by atoms with van der Waals surface area (Å²) < 4.78 is 1.85. The number of thiophene rings is 1. The first-order valence-electron chi connectivity index (χ1n) is 11.3. The van der Waals surface area contributed by atoms with E-state index in [0.717, 1.165) is 22.3 Å². The number of rotatable bonds is 6. The zero-order chi connectivity index (χ0) is 25.2. The van der Waals surface area contributed by atoms with Crippen LogP contribution in [0.25, 0.3) is 16.9 Å². The molecular weight excluding hydrogens is 456 g/mol. The molecule has 8 heteroatoms. The third-order valence-corrected chi connectivity index (χ3v) is 7.03. The Morgan fingerprint density at radius 3 is 2.63 bits per heavy atom. The molecule has 35 heavy (non-hydrogen) atoms. The molecule has 0 saturated carbocycles. The van der Waals surface area contributed by atoms with Crippen LogP contribution in [0.4, 0.5) is 17.3 Å². The molecule has 0 bridgehead atoms. The number of hydrogen-bond donors (Lipinski definition) is 3. The molecule has 2 aromatic heterocycles. The topological polar surface area (TPSA) is 97.3 Å². The highest BCUT2D eigenvalue weighted by Gasteiger charge is 2.19. The number of aryl methyl sites for hydroxylation is 1. The minimum atomic E-state index is -0.126. The van der Waals surface area contributed by atoms with Crippen LogP contribution in [0.3, 0.4) is 0 Å². The van der Waals surface area contributed by atoms with Gasteiger partial charge < -0.3 is 16.4 Å². The van der Waals surface area contributed by atoms with Crippen molar-refractivity contribution in [3.05, 3.63) is 76.0 Å². The second-order valence-corrected chi connectivity index (χ2v) is 10.4. The lowest BCUT2D eigenvalue weighted by Gasteiger charge is -2.15. The minimum Gasteiger partial charge on any atom is -0.385 e. The smallest absolute Gasteiger partial charge is 0.265 e. The SMILES string of the molecule is CN=CC=C(N)n1c(Nc2cc(NC(=O)c3ccc(C(C)(C)C)s3)ccc2C)nc2ccccc21. The van der Waals surface area contributed by atoms with Crippen molar-refractivity contribution in [3.8, 4) is 0 Å². The molecule has 0 radical (unpaired) electrons. The van der Waals surface area contributed by atoms with E-state index < -0.39 is 0 Å². The Balaban J connectivity index is 1.64. The van der Waals surface area contributed by atoms with Crippen molar-refractivity contribution in [2.75, 3.05) is 17.7 Å². The maximum atomic E-state index is 12.9. The summed E-state index contributed by atoms with van der Waals surface area (Å²) in [5.74, 6) is 0.934. The maximum Gasteiger partial charge on any atom is 0.265 e. The molecule has 0 atom stereocenters. The van der Waals surface area contributed by atoms with E-state index in [1.807, 2.05) is 66.1 Å². The Hall–Kier alpha value is -3.91. The van der Waals surface area contributed by atoms with E-state index in [0.29, 0.717) is 22.3 Å². The van der Waals surface area contributed by atoms with Crippen LogP contribution in [0.15, 0.2) is 65.7 Å². The predicted molar refractivity (Wildman–Crippen MR) is 148 cm³/mol. The van der Waals surface area contributed by atoms with Crippen LogP contribution in [0.5, 0.6) is 0 Å². The van der Waals surface area contributed by atoms with Gasteiger partial charge in [-0.1, -0.05) is 39.0 Å². The van der Waals surface area contributed by atoms with Crippen molar-refractivity contribution < 1.29 is 4.79 Å². The average Bonchev–Trinajstić information content (AvgIpc) is 3.45. The number of nitrogens with one attached hydrogen (secondary N) is 2. The molecule has 0 spiro atoms. The highest BCUT2D eigenvalue weighted by atomic mass is 32.1. The lowest BCUT2D eigenvalue weighted by atomic mass is 9.95. The van der Waals surface area contributed by atoms with Gasteiger partial charge in [-0.3, -0.25) is 14.4 Å². The van der Waals surface area contributed by atoms with E-state index in [2.05, 4.69) is 36.4 Å². The lowest BCUT2D eigenvalue weighted by molar-refractivity contribution is 0.103. The van der Waals surface area contributed by atoms with Gasteiger partial charge in [0.15, 0.2) is 0 Å². The van der Waals surface area contributed by atoms with Gasteiger partial charge in [0.1, 0.15) is 5.82 Å². The second kappa shape index (κ2) is 9.76. The first kappa shape index (κ1) is 24.2. The van der Waals surface area contributed by atoms with Crippen LogP contribution >= 0.6 is 11.3 Å². The Morgan fingerprint density at radius 2 is 1.91 bits per heavy atom. The highest BCUT2D eigenvalue weighted by molar-refractivity contribution is 7.14. The number of aromatic nitrogens is 2. The third-order valence-electron chi connectivity index (χ3n) is 5.52. The van der Waals surface area contributed by atoms with Gasteiger partial charge in [-0.25, -0.2) is 4.98 Å². The largest absolute Gasteiger partial charge is 0.385 e. The summed E-state index contributed by atoms with van der Waals surface area (Å²) >= 11 is 1.52. The van der Waals surface area contributed by atoms with E-state index in [9.17, 15) is 4.79 Å². The number of amides is 1. The molecule has 2 heterocycles. The molecule has 0 aliphatic rings. The average molecular weight is 487 g/mol. The van der Waals surface area contributed by atoms with Crippen molar-refractivity contribution in [1.29, 1.82) is 0 Å². The molecule has 2 aromatic carbocycles. The first-order valence-corrected chi connectivity index (χ1v) is 12.1. The molecule has 4 rings (SSSR count). The van der Waals surface area contributed by atoms with Crippen LogP contribution in [-0.4, -0.2) is 28.7 Å². The predicted octanol–water partition coefficient (Wildman–Crippen LogP) is 6.16. The monoisotopic (exact) mass is 486 g/mol. The van der Waals surface area contributed by atoms with E-state index in [-0.39, 0.29) is 11.3 Å². The van der Waals surface area contributed by atoms with Crippen molar-refractivity contribution in [3.63, 3.8) is 0 Å². The lowest BCUT2D eigenvalue weighted by Crippen LogP contribution is -2.12. The number of aliphatic imine (C=N–C) groups is 1. The van der Waals surface area contributed by atoms with Gasteiger partial charge in [-0.05, 0) is 60.4 Å². The summed E-state index contributed by atoms with van der Waals surface area (Å²) in [6, 6.07) is 17.5. The van der Waals surface area contributed by atoms with E-state index in [4.69, 9.17) is 10.7 Å². The maximum absolute atomic E-state index is 12.9. The van der Waals surface area contributed by atoms with Gasteiger partial charge in [-0.2, -0.15) is 0 Å². The van der Waals surface area contributed by atoms with Gasteiger partial charge in [0.25, 0.3) is 5.91 Å². The molecule has 0 unspecified atom stereocenters. The number of carbonyl (C=O) groups is 1. The number of anilines is 3.